The number of para-hydroxylation sites is 1. The van der Waals surface area contributed by atoms with Crippen molar-refractivity contribution in [2.75, 3.05) is 11.9 Å². The van der Waals surface area contributed by atoms with Crippen LogP contribution in [0.1, 0.15) is 29.8 Å². The summed E-state index contributed by atoms with van der Waals surface area (Å²) in [6, 6.07) is 11.4. The van der Waals surface area contributed by atoms with Gasteiger partial charge in [0.05, 0.1) is 5.56 Å². The van der Waals surface area contributed by atoms with Crippen LogP contribution in [-0.2, 0) is 11.3 Å². The Bertz CT molecular complexity index is 764. The normalized spacial score (nSPS) is 10.3. The predicted molar refractivity (Wildman–Crippen MR) is 100 cm³/mol. The summed E-state index contributed by atoms with van der Waals surface area (Å²) < 4.78 is 13.7. The second kappa shape index (κ2) is 8.23. The minimum Gasteiger partial charge on any atom is -0.339 e. The number of anilines is 1. The van der Waals surface area contributed by atoms with Gasteiger partial charge in [-0.05, 0) is 59.3 Å². The molecule has 1 N–H and O–H groups in total. The molecule has 0 saturated carbocycles. The van der Waals surface area contributed by atoms with Crippen LogP contribution < -0.4 is 5.32 Å². The monoisotopic (exact) mass is 440 g/mol. The van der Waals surface area contributed by atoms with Crippen LogP contribution in [0.4, 0.5) is 10.1 Å². The molecule has 0 atom stereocenters. The number of carbonyl (C=O) groups is 2. The van der Waals surface area contributed by atoms with E-state index in [1.54, 1.807) is 11.0 Å². The predicted octanol–water partition coefficient (Wildman–Crippen LogP) is 4.05. The van der Waals surface area contributed by atoms with Crippen LogP contribution in [0.5, 0.6) is 0 Å². The Morgan fingerprint density at radius 1 is 1.21 bits per heavy atom. The summed E-state index contributed by atoms with van der Waals surface area (Å²) in [5, 5.41) is 2.85. The van der Waals surface area contributed by atoms with Gasteiger partial charge in [-0.2, -0.15) is 0 Å². The lowest BCUT2D eigenvalue weighted by atomic mass is 10.1. The van der Waals surface area contributed by atoms with E-state index in [0.717, 1.165) is 5.56 Å². The Morgan fingerprint density at radius 2 is 1.92 bits per heavy atom. The molecular formula is C18H18FIN2O2. The first-order valence-electron chi connectivity index (χ1n) is 7.52. The fourth-order valence-corrected chi connectivity index (χ4v) is 3.02. The average molecular weight is 440 g/mol. The van der Waals surface area contributed by atoms with Gasteiger partial charge in [0, 0.05) is 29.3 Å². The van der Waals surface area contributed by atoms with E-state index >= 15 is 0 Å². The van der Waals surface area contributed by atoms with Crippen LogP contribution in [0.2, 0.25) is 0 Å². The molecule has 0 aliphatic carbocycles. The molecule has 0 unspecified atom stereocenters. The molecule has 0 bridgehead atoms. The number of carbonyl (C=O) groups excluding carboxylic acids is 2. The molecule has 2 amide bonds. The maximum absolute atomic E-state index is 13.2. The summed E-state index contributed by atoms with van der Waals surface area (Å²) in [5.74, 6) is -0.708. The first kappa shape index (κ1) is 18.4. The smallest absolute Gasteiger partial charge is 0.256 e. The van der Waals surface area contributed by atoms with Crippen LogP contribution in [0.25, 0.3) is 0 Å². The molecule has 0 aliphatic heterocycles. The second-order valence-corrected chi connectivity index (χ2v) is 6.43. The minimum absolute atomic E-state index is 0.0216. The summed E-state index contributed by atoms with van der Waals surface area (Å²) in [7, 11) is 0. The Morgan fingerprint density at radius 3 is 2.54 bits per heavy atom. The van der Waals surface area contributed by atoms with Crippen molar-refractivity contribution in [3.63, 3.8) is 0 Å². The van der Waals surface area contributed by atoms with Crippen LogP contribution in [0.3, 0.4) is 0 Å². The van der Waals surface area contributed by atoms with Crippen molar-refractivity contribution in [1.82, 2.24) is 4.90 Å². The maximum Gasteiger partial charge on any atom is 0.256 e. The quantitative estimate of drug-likeness (QED) is 0.714. The van der Waals surface area contributed by atoms with Gasteiger partial charge in [0.1, 0.15) is 5.82 Å². The van der Waals surface area contributed by atoms with E-state index in [2.05, 4.69) is 5.32 Å². The molecule has 0 heterocycles. The van der Waals surface area contributed by atoms with Gasteiger partial charge in [0.15, 0.2) is 0 Å². The lowest BCUT2D eigenvalue weighted by Crippen LogP contribution is -2.28. The van der Waals surface area contributed by atoms with E-state index in [4.69, 9.17) is 0 Å². The van der Waals surface area contributed by atoms with Crippen molar-refractivity contribution in [3.05, 3.63) is 63.0 Å². The molecule has 2 aromatic carbocycles. The number of hydrogen-bond donors (Lipinski definition) is 1. The number of rotatable bonds is 5. The third-order valence-electron chi connectivity index (χ3n) is 3.63. The van der Waals surface area contributed by atoms with Crippen molar-refractivity contribution in [2.45, 2.75) is 20.4 Å². The van der Waals surface area contributed by atoms with Gasteiger partial charge in [0.2, 0.25) is 5.91 Å². The maximum atomic E-state index is 13.2. The average Bonchev–Trinajstić information content (AvgIpc) is 2.53. The van der Waals surface area contributed by atoms with Crippen molar-refractivity contribution in [3.8, 4) is 0 Å². The number of nitrogens with zero attached hydrogens (tertiary/aromatic N) is 1. The summed E-state index contributed by atoms with van der Waals surface area (Å²) in [4.78, 5) is 25.8. The van der Waals surface area contributed by atoms with E-state index in [9.17, 15) is 14.0 Å². The molecule has 126 valence electrons. The minimum atomic E-state index is -0.378. The number of benzene rings is 2. The molecule has 6 heteroatoms. The van der Waals surface area contributed by atoms with E-state index in [1.165, 1.54) is 25.1 Å². The van der Waals surface area contributed by atoms with Gasteiger partial charge < -0.3 is 10.2 Å². The standard InChI is InChI=1S/C18H18FIN2O2/c1-3-22(12(2)23)11-13-6-4-5-7-17(13)21-18(24)15-9-8-14(19)10-16(15)20/h4-10H,3,11H2,1-2H3,(H,21,24). The fraction of sp³-hybridized carbons (Fsp3) is 0.222. The molecule has 2 aromatic rings. The highest BCUT2D eigenvalue weighted by molar-refractivity contribution is 14.1. The van der Waals surface area contributed by atoms with Crippen molar-refractivity contribution in [1.29, 1.82) is 0 Å². The highest BCUT2D eigenvalue weighted by atomic mass is 127. The number of halogens is 2. The topological polar surface area (TPSA) is 49.4 Å². The SMILES string of the molecule is CCN(Cc1ccccc1NC(=O)c1ccc(F)cc1I)C(C)=O. The Balaban J connectivity index is 2.23. The van der Waals surface area contributed by atoms with E-state index in [-0.39, 0.29) is 17.6 Å². The molecule has 0 spiro atoms. The van der Waals surface area contributed by atoms with E-state index < -0.39 is 0 Å². The molecule has 0 radical (unpaired) electrons. The zero-order valence-corrected chi connectivity index (χ0v) is 15.6. The summed E-state index contributed by atoms with van der Waals surface area (Å²) in [5.41, 5.74) is 1.90. The summed E-state index contributed by atoms with van der Waals surface area (Å²) >= 11 is 1.93. The van der Waals surface area contributed by atoms with Gasteiger partial charge in [-0.3, -0.25) is 9.59 Å². The number of nitrogens with one attached hydrogen (secondary N) is 1. The van der Waals surface area contributed by atoms with Crippen molar-refractivity contribution < 1.29 is 14.0 Å². The van der Waals surface area contributed by atoms with Gasteiger partial charge >= 0.3 is 0 Å². The van der Waals surface area contributed by atoms with Crippen LogP contribution >= 0.6 is 22.6 Å². The Kier molecular flexibility index (Phi) is 6.30. The van der Waals surface area contributed by atoms with Crippen LogP contribution in [0, 0.1) is 9.39 Å². The van der Waals surface area contributed by atoms with E-state index in [0.29, 0.717) is 27.9 Å². The van der Waals surface area contributed by atoms with Crippen molar-refractivity contribution >= 4 is 40.1 Å². The lowest BCUT2D eigenvalue weighted by Gasteiger charge is -2.21. The zero-order chi connectivity index (χ0) is 17.7. The Labute approximate surface area is 154 Å². The molecule has 0 aromatic heterocycles. The largest absolute Gasteiger partial charge is 0.339 e. The van der Waals surface area contributed by atoms with Gasteiger partial charge in [-0.15, -0.1) is 0 Å². The van der Waals surface area contributed by atoms with E-state index in [1.807, 2.05) is 47.7 Å². The van der Waals surface area contributed by atoms with Crippen LogP contribution in [-0.4, -0.2) is 23.3 Å². The third kappa shape index (κ3) is 4.53. The second-order valence-electron chi connectivity index (χ2n) is 5.27. The van der Waals surface area contributed by atoms with Crippen LogP contribution in [0.15, 0.2) is 42.5 Å². The molecule has 24 heavy (non-hydrogen) atoms. The molecule has 4 nitrogen and oxygen atoms in total. The molecular weight excluding hydrogens is 422 g/mol. The van der Waals surface area contributed by atoms with Crippen molar-refractivity contribution in [2.24, 2.45) is 0 Å². The third-order valence-corrected chi connectivity index (χ3v) is 4.52. The zero-order valence-electron chi connectivity index (χ0n) is 13.5. The van der Waals surface area contributed by atoms with Gasteiger partial charge in [0.25, 0.3) is 5.91 Å². The molecule has 0 saturated heterocycles. The molecule has 0 fully saturated rings. The highest BCUT2D eigenvalue weighted by Gasteiger charge is 2.14. The fourth-order valence-electron chi connectivity index (χ4n) is 2.29. The first-order chi connectivity index (χ1) is 11.4. The van der Waals surface area contributed by atoms with Gasteiger partial charge in [-0.1, -0.05) is 18.2 Å². The highest BCUT2D eigenvalue weighted by Crippen LogP contribution is 2.20. The summed E-state index contributed by atoms with van der Waals surface area (Å²) in [6.45, 7) is 4.44. The molecule has 2 rings (SSSR count). The Hall–Kier alpha value is -1.96. The number of hydrogen-bond acceptors (Lipinski definition) is 2. The number of amides is 2. The first-order valence-corrected chi connectivity index (χ1v) is 8.60. The lowest BCUT2D eigenvalue weighted by molar-refractivity contribution is -0.129. The van der Waals surface area contributed by atoms with Gasteiger partial charge in [-0.25, -0.2) is 4.39 Å². The molecule has 0 aliphatic rings. The summed E-state index contributed by atoms with van der Waals surface area (Å²) in [6.07, 6.45) is 0.